The molecule has 2 aromatic carbocycles. The van der Waals surface area contributed by atoms with Gasteiger partial charge in [-0.2, -0.15) is 18.2 Å². The van der Waals surface area contributed by atoms with Crippen molar-refractivity contribution in [1.82, 2.24) is 4.98 Å². The van der Waals surface area contributed by atoms with Crippen molar-refractivity contribution in [1.29, 1.82) is 0 Å². The Labute approximate surface area is 150 Å². The number of nitrogens with two attached hydrogens (primary N) is 2. The number of aromatic nitrogens is 1. The Morgan fingerprint density at radius 1 is 1.00 bits per heavy atom. The first kappa shape index (κ1) is 18.3. The van der Waals surface area contributed by atoms with Crippen LogP contribution < -0.4 is 11.5 Å². The van der Waals surface area contributed by atoms with Gasteiger partial charge in [0.05, 0.1) is 11.1 Å². The number of benzene rings is 2. The van der Waals surface area contributed by atoms with E-state index < -0.39 is 29.4 Å². The summed E-state index contributed by atoms with van der Waals surface area (Å²) in [5, 5.41) is 0.368. The summed E-state index contributed by atoms with van der Waals surface area (Å²) in [4.78, 5) is 19.5. The molecule has 3 aromatic rings. The summed E-state index contributed by atoms with van der Waals surface area (Å²) in [5.74, 6) is -2.17. The summed E-state index contributed by atoms with van der Waals surface area (Å²) in [5.41, 5.74) is 10.1. The second-order valence-corrected chi connectivity index (χ2v) is 5.62. The van der Waals surface area contributed by atoms with Gasteiger partial charge in [-0.25, -0.2) is 4.39 Å². The molecule has 1 heterocycles. The lowest BCUT2D eigenvalue weighted by molar-refractivity contribution is -0.137. The summed E-state index contributed by atoms with van der Waals surface area (Å²) in [6, 6.07) is 8.06. The highest BCUT2D eigenvalue weighted by Crippen LogP contribution is 2.35. The molecule has 3 rings (SSSR count). The van der Waals surface area contributed by atoms with E-state index >= 15 is 0 Å². The second kappa shape index (κ2) is 6.67. The van der Waals surface area contributed by atoms with Crippen LogP contribution in [-0.2, 0) is 6.18 Å². The molecule has 9 heteroatoms. The number of guanidine groups is 1. The summed E-state index contributed by atoms with van der Waals surface area (Å²) in [6.45, 7) is 0. The van der Waals surface area contributed by atoms with Crippen molar-refractivity contribution in [3.05, 3.63) is 65.6 Å². The van der Waals surface area contributed by atoms with Gasteiger partial charge in [-0.05, 0) is 42.0 Å². The maximum Gasteiger partial charge on any atom is 0.416 e. The quantitative estimate of drug-likeness (QED) is 0.407. The van der Waals surface area contributed by atoms with Crippen LogP contribution in [0.2, 0.25) is 0 Å². The summed E-state index contributed by atoms with van der Waals surface area (Å²) in [6.07, 6.45) is -3.26. The molecular weight excluding hydrogens is 364 g/mol. The minimum absolute atomic E-state index is 0.0539. The highest BCUT2D eigenvalue weighted by Gasteiger charge is 2.31. The minimum Gasteiger partial charge on any atom is -0.370 e. The van der Waals surface area contributed by atoms with Crippen LogP contribution in [0.4, 0.5) is 17.6 Å². The number of nitrogens with zero attached hydrogens (tertiary/aromatic N) is 2. The van der Waals surface area contributed by atoms with E-state index in [4.69, 9.17) is 11.5 Å². The molecule has 5 nitrogen and oxygen atoms in total. The Balaban J connectivity index is 2.17. The van der Waals surface area contributed by atoms with Crippen LogP contribution in [0.25, 0.3) is 22.0 Å². The van der Waals surface area contributed by atoms with Gasteiger partial charge in [-0.1, -0.05) is 6.07 Å². The number of hydrogen-bond acceptors (Lipinski definition) is 2. The number of hydrogen-bond donors (Lipinski definition) is 2. The number of amides is 1. The predicted molar refractivity (Wildman–Crippen MR) is 92.3 cm³/mol. The molecule has 0 fully saturated rings. The molecule has 0 aliphatic carbocycles. The highest BCUT2D eigenvalue weighted by atomic mass is 19.4. The van der Waals surface area contributed by atoms with Gasteiger partial charge in [0, 0.05) is 22.7 Å². The molecule has 27 heavy (non-hydrogen) atoms. The van der Waals surface area contributed by atoms with Crippen LogP contribution in [0.1, 0.15) is 15.9 Å². The molecule has 0 saturated carbocycles. The minimum atomic E-state index is -4.65. The van der Waals surface area contributed by atoms with E-state index in [0.717, 1.165) is 12.1 Å². The average Bonchev–Trinajstić information content (AvgIpc) is 2.59. The molecule has 1 aromatic heterocycles. The van der Waals surface area contributed by atoms with Crippen LogP contribution in [0.5, 0.6) is 0 Å². The molecule has 0 unspecified atom stereocenters. The average molecular weight is 376 g/mol. The number of fused-ring (bicyclic) bond motifs is 1. The molecule has 0 bridgehead atoms. The summed E-state index contributed by atoms with van der Waals surface area (Å²) >= 11 is 0. The van der Waals surface area contributed by atoms with Crippen molar-refractivity contribution in [3.8, 4) is 11.1 Å². The fourth-order valence-electron chi connectivity index (χ4n) is 2.61. The Bertz CT molecular complexity index is 1070. The lowest BCUT2D eigenvalue weighted by atomic mass is 9.98. The molecule has 4 N–H and O–H groups in total. The molecule has 0 radical (unpaired) electrons. The number of carbonyl (C=O) groups excluding carboxylic acids is 1. The molecule has 0 aliphatic rings. The highest BCUT2D eigenvalue weighted by molar-refractivity contribution is 6.05. The third-order valence-corrected chi connectivity index (χ3v) is 3.81. The monoisotopic (exact) mass is 376 g/mol. The molecule has 1 amide bonds. The number of aliphatic imine (C=N–C) groups is 1. The van der Waals surface area contributed by atoms with Crippen LogP contribution in [0.3, 0.4) is 0 Å². The van der Waals surface area contributed by atoms with E-state index in [1.807, 2.05) is 0 Å². The lowest BCUT2D eigenvalue weighted by Gasteiger charge is -2.11. The van der Waals surface area contributed by atoms with Gasteiger partial charge in [0.2, 0.25) is 0 Å². The molecular formula is C18H12F4N4O. The largest absolute Gasteiger partial charge is 0.416 e. The van der Waals surface area contributed by atoms with Crippen molar-refractivity contribution in [2.75, 3.05) is 0 Å². The predicted octanol–water partition coefficient (Wildman–Crippen LogP) is 3.47. The van der Waals surface area contributed by atoms with Crippen molar-refractivity contribution in [2.24, 2.45) is 16.5 Å². The van der Waals surface area contributed by atoms with Crippen LogP contribution in [-0.4, -0.2) is 16.9 Å². The van der Waals surface area contributed by atoms with Gasteiger partial charge in [-0.3, -0.25) is 9.78 Å². The first-order valence-electron chi connectivity index (χ1n) is 7.56. The zero-order valence-electron chi connectivity index (χ0n) is 13.6. The third kappa shape index (κ3) is 3.71. The van der Waals surface area contributed by atoms with Gasteiger partial charge in [0.25, 0.3) is 5.91 Å². The summed E-state index contributed by atoms with van der Waals surface area (Å²) in [7, 11) is 0. The van der Waals surface area contributed by atoms with Gasteiger partial charge in [0.15, 0.2) is 5.96 Å². The van der Waals surface area contributed by atoms with Crippen LogP contribution in [0.15, 0.2) is 53.7 Å². The van der Waals surface area contributed by atoms with E-state index in [1.165, 1.54) is 30.5 Å². The van der Waals surface area contributed by atoms with Gasteiger partial charge >= 0.3 is 6.18 Å². The second-order valence-electron chi connectivity index (χ2n) is 5.62. The number of rotatable bonds is 2. The summed E-state index contributed by atoms with van der Waals surface area (Å²) < 4.78 is 52.6. The van der Waals surface area contributed by atoms with Crippen LogP contribution >= 0.6 is 0 Å². The van der Waals surface area contributed by atoms with Crippen molar-refractivity contribution in [3.63, 3.8) is 0 Å². The zero-order valence-corrected chi connectivity index (χ0v) is 13.6. The fraction of sp³-hybridized carbons (Fsp3) is 0.0556. The Morgan fingerprint density at radius 2 is 1.74 bits per heavy atom. The molecule has 0 saturated heterocycles. The molecule has 0 atom stereocenters. The fourth-order valence-corrected chi connectivity index (χ4v) is 2.61. The van der Waals surface area contributed by atoms with E-state index in [1.54, 1.807) is 0 Å². The smallest absolute Gasteiger partial charge is 0.370 e. The number of halogens is 4. The molecule has 138 valence electrons. The van der Waals surface area contributed by atoms with Gasteiger partial charge in [-0.15, -0.1) is 0 Å². The third-order valence-electron chi connectivity index (χ3n) is 3.81. The van der Waals surface area contributed by atoms with Crippen molar-refractivity contribution < 1.29 is 22.4 Å². The van der Waals surface area contributed by atoms with Crippen LogP contribution in [0, 0.1) is 5.82 Å². The molecule has 0 spiro atoms. The van der Waals surface area contributed by atoms with Crippen molar-refractivity contribution >= 4 is 22.8 Å². The Kier molecular flexibility index (Phi) is 4.52. The first-order valence-corrected chi connectivity index (χ1v) is 7.56. The van der Waals surface area contributed by atoms with E-state index in [2.05, 4.69) is 9.98 Å². The van der Waals surface area contributed by atoms with Crippen molar-refractivity contribution in [2.45, 2.75) is 6.18 Å². The van der Waals surface area contributed by atoms with E-state index in [9.17, 15) is 22.4 Å². The normalized spacial score (nSPS) is 11.4. The van der Waals surface area contributed by atoms with Gasteiger partial charge in [0.1, 0.15) is 5.82 Å². The number of carbonyl (C=O) groups is 1. The maximum atomic E-state index is 14.4. The van der Waals surface area contributed by atoms with Gasteiger partial charge < -0.3 is 11.5 Å². The standard InChI is InChI=1S/C18H12F4N4O/c19-14-8-10(18(20,21)22)2-3-12(14)11-5-6-25-15-4-1-9(7-13(11)15)16(27)26-17(23)24/h1-8H,(H4,23,24,26,27). The first-order chi connectivity index (χ1) is 12.7. The zero-order chi connectivity index (χ0) is 19.8. The number of alkyl halides is 3. The maximum absolute atomic E-state index is 14.4. The topological polar surface area (TPSA) is 94.4 Å². The number of pyridine rings is 1. The Morgan fingerprint density at radius 3 is 2.37 bits per heavy atom. The molecule has 0 aliphatic heterocycles. The van der Waals surface area contributed by atoms with E-state index in [0.29, 0.717) is 17.0 Å². The Hall–Kier alpha value is -3.49. The lowest BCUT2D eigenvalue weighted by Crippen LogP contribution is -2.24. The van der Waals surface area contributed by atoms with E-state index in [-0.39, 0.29) is 16.7 Å². The SMILES string of the molecule is NC(N)=NC(=O)c1ccc2nccc(-c3ccc(C(F)(F)F)cc3F)c2c1.